The SMILES string of the molecule is O=C(O)CCC(NC(=O)OCC1c2ccccc2-c2ccccc21)C(=O)Nc1cc(Cl)ccc1Br. The number of rotatable bonds is 8. The Morgan fingerprint density at radius 2 is 1.63 bits per heavy atom. The Morgan fingerprint density at radius 3 is 2.26 bits per heavy atom. The molecule has 0 saturated carbocycles. The Kier molecular flexibility index (Phi) is 7.73. The second kappa shape index (κ2) is 10.9. The standard InChI is InChI=1S/C26H22BrClN2O5/c27-21-10-9-15(28)13-23(21)29-25(33)22(11-12-24(31)32)30-26(34)35-14-20-18-7-3-1-5-16(18)17-6-2-4-8-19(17)20/h1-10,13,20,22H,11-12,14H2,(H,29,33)(H,30,34)(H,31,32). The number of alkyl carbamates (subject to hydrolysis) is 1. The van der Waals surface area contributed by atoms with Crippen LogP contribution in [0, 0.1) is 0 Å². The zero-order valence-corrected chi connectivity index (χ0v) is 20.8. The largest absolute Gasteiger partial charge is 0.481 e. The highest BCUT2D eigenvalue weighted by molar-refractivity contribution is 9.10. The molecule has 0 bridgehead atoms. The lowest BCUT2D eigenvalue weighted by molar-refractivity contribution is -0.137. The molecule has 0 aromatic heterocycles. The van der Waals surface area contributed by atoms with E-state index in [2.05, 4.69) is 26.6 Å². The molecule has 9 heteroatoms. The van der Waals surface area contributed by atoms with Gasteiger partial charge in [-0.1, -0.05) is 60.1 Å². The van der Waals surface area contributed by atoms with Gasteiger partial charge in [0, 0.05) is 21.8 Å². The maximum Gasteiger partial charge on any atom is 0.407 e. The zero-order valence-electron chi connectivity index (χ0n) is 18.5. The minimum absolute atomic E-state index is 0.0764. The molecule has 1 unspecified atom stereocenters. The zero-order chi connectivity index (χ0) is 24.9. The monoisotopic (exact) mass is 556 g/mol. The van der Waals surface area contributed by atoms with Gasteiger partial charge in [-0.2, -0.15) is 0 Å². The van der Waals surface area contributed by atoms with Crippen molar-refractivity contribution in [2.24, 2.45) is 0 Å². The molecular weight excluding hydrogens is 536 g/mol. The molecule has 35 heavy (non-hydrogen) atoms. The predicted molar refractivity (Wildman–Crippen MR) is 137 cm³/mol. The van der Waals surface area contributed by atoms with Crippen LogP contribution in [-0.4, -0.2) is 35.7 Å². The minimum Gasteiger partial charge on any atom is -0.481 e. The maximum absolute atomic E-state index is 12.9. The van der Waals surface area contributed by atoms with Gasteiger partial charge < -0.3 is 20.5 Å². The molecule has 1 aliphatic rings. The molecule has 0 heterocycles. The predicted octanol–water partition coefficient (Wildman–Crippen LogP) is 5.81. The molecule has 0 saturated heterocycles. The van der Waals surface area contributed by atoms with Gasteiger partial charge in [-0.25, -0.2) is 4.79 Å². The lowest BCUT2D eigenvalue weighted by Gasteiger charge is -2.20. The molecule has 7 nitrogen and oxygen atoms in total. The van der Waals surface area contributed by atoms with Crippen LogP contribution in [0.5, 0.6) is 0 Å². The lowest BCUT2D eigenvalue weighted by Crippen LogP contribution is -2.44. The van der Waals surface area contributed by atoms with Crippen molar-refractivity contribution in [3.8, 4) is 11.1 Å². The third-order valence-corrected chi connectivity index (χ3v) is 6.71. The smallest absolute Gasteiger partial charge is 0.407 e. The molecule has 3 N–H and O–H groups in total. The summed E-state index contributed by atoms with van der Waals surface area (Å²) in [6, 6.07) is 19.7. The molecule has 1 atom stereocenters. The Bertz CT molecular complexity index is 1240. The quantitative estimate of drug-likeness (QED) is 0.324. The van der Waals surface area contributed by atoms with E-state index < -0.39 is 24.0 Å². The average Bonchev–Trinajstić information content (AvgIpc) is 3.16. The number of anilines is 1. The fraction of sp³-hybridized carbons (Fsp3) is 0.192. The minimum atomic E-state index is -1.12. The summed E-state index contributed by atoms with van der Waals surface area (Å²) in [7, 11) is 0. The fourth-order valence-electron chi connectivity index (χ4n) is 4.13. The van der Waals surface area contributed by atoms with Crippen LogP contribution in [0.25, 0.3) is 11.1 Å². The Morgan fingerprint density at radius 1 is 1.00 bits per heavy atom. The summed E-state index contributed by atoms with van der Waals surface area (Å²) in [6.45, 7) is 0.0764. The van der Waals surface area contributed by atoms with E-state index in [4.69, 9.17) is 21.4 Å². The van der Waals surface area contributed by atoms with E-state index in [1.54, 1.807) is 18.2 Å². The first-order valence-electron chi connectivity index (χ1n) is 10.9. The first kappa shape index (κ1) is 24.8. The van der Waals surface area contributed by atoms with Gasteiger partial charge in [0.15, 0.2) is 0 Å². The Balaban J connectivity index is 1.44. The van der Waals surface area contributed by atoms with Crippen molar-refractivity contribution in [2.75, 3.05) is 11.9 Å². The van der Waals surface area contributed by atoms with Gasteiger partial charge in [0.1, 0.15) is 12.6 Å². The molecular formula is C26H22BrClN2O5. The lowest BCUT2D eigenvalue weighted by atomic mass is 9.98. The average molecular weight is 558 g/mol. The van der Waals surface area contributed by atoms with E-state index in [1.807, 2.05) is 48.5 Å². The van der Waals surface area contributed by atoms with E-state index in [1.165, 1.54) is 0 Å². The molecule has 0 radical (unpaired) electrons. The maximum atomic E-state index is 12.9. The van der Waals surface area contributed by atoms with E-state index in [0.29, 0.717) is 15.2 Å². The van der Waals surface area contributed by atoms with Gasteiger partial charge in [-0.15, -0.1) is 0 Å². The summed E-state index contributed by atoms with van der Waals surface area (Å²) in [6.07, 6.45) is -1.22. The number of carboxylic acid groups (broad SMARTS) is 1. The third kappa shape index (κ3) is 5.83. The molecule has 4 rings (SSSR count). The van der Waals surface area contributed by atoms with Crippen molar-refractivity contribution in [1.82, 2.24) is 5.32 Å². The van der Waals surface area contributed by atoms with Gasteiger partial charge in [-0.05, 0) is 62.8 Å². The number of carboxylic acids is 1. The van der Waals surface area contributed by atoms with E-state index >= 15 is 0 Å². The summed E-state index contributed by atoms with van der Waals surface area (Å²) >= 11 is 9.33. The molecule has 0 fully saturated rings. The van der Waals surface area contributed by atoms with Gasteiger partial charge in [0.05, 0.1) is 5.69 Å². The molecule has 3 aromatic carbocycles. The van der Waals surface area contributed by atoms with Crippen LogP contribution in [-0.2, 0) is 14.3 Å². The van der Waals surface area contributed by atoms with Gasteiger partial charge in [0.2, 0.25) is 5.91 Å². The van der Waals surface area contributed by atoms with Gasteiger partial charge >= 0.3 is 12.1 Å². The Labute approximate surface area is 215 Å². The number of benzene rings is 3. The highest BCUT2D eigenvalue weighted by atomic mass is 79.9. The number of hydrogen-bond donors (Lipinski definition) is 3. The van der Waals surface area contributed by atoms with Crippen molar-refractivity contribution < 1.29 is 24.2 Å². The molecule has 180 valence electrons. The van der Waals surface area contributed by atoms with Crippen LogP contribution in [0.2, 0.25) is 5.02 Å². The summed E-state index contributed by atoms with van der Waals surface area (Å²) in [5, 5.41) is 14.7. The number of ether oxygens (including phenoxy) is 1. The molecule has 0 aliphatic heterocycles. The third-order valence-electron chi connectivity index (χ3n) is 5.79. The number of hydrogen-bond acceptors (Lipinski definition) is 4. The number of aliphatic carboxylic acids is 1. The van der Waals surface area contributed by atoms with Gasteiger partial charge in [0.25, 0.3) is 0 Å². The Hall–Kier alpha value is -3.36. The first-order chi connectivity index (χ1) is 16.8. The second-order valence-corrected chi connectivity index (χ2v) is 9.36. The van der Waals surface area contributed by atoms with Crippen molar-refractivity contribution >= 4 is 51.2 Å². The van der Waals surface area contributed by atoms with Crippen LogP contribution in [0.15, 0.2) is 71.2 Å². The van der Waals surface area contributed by atoms with E-state index in [0.717, 1.165) is 22.3 Å². The van der Waals surface area contributed by atoms with E-state index in [9.17, 15) is 14.4 Å². The topological polar surface area (TPSA) is 105 Å². The first-order valence-corrected chi connectivity index (χ1v) is 12.1. The van der Waals surface area contributed by atoms with E-state index in [-0.39, 0.29) is 25.4 Å². The summed E-state index contributed by atoms with van der Waals surface area (Å²) in [5.41, 5.74) is 4.72. The summed E-state index contributed by atoms with van der Waals surface area (Å²) < 4.78 is 6.10. The van der Waals surface area contributed by atoms with Crippen LogP contribution >= 0.6 is 27.5 Å². The highest BCUT2D eigenvalue weighted by Crippen LogP contribution is 2.44. The number of carbonyl (C=O) groups is 3. The van der Waals surface area contributed by atoms with Crippen molar-refractivity contribution in [3.63, 3.8) is 0 Å². The van der Waals surface area contributed by atoms with Gasteiger partial charge in [-0.3, -0.25) is 9.59 Å². The molecule has 2 amide bonds. The number of carbonyl (C=O) groups excluding carboxylic acids is 2. The number of amides is 2. The van der Waals surface area contributed by atoms with Crippen LogP contribution in [0.1, 0.15) is 29.9 Å². The van der Waals surface area contributed by atoms with Crippen molar-refractivity contribution in [1.29, 1.82) is 0 Å². The summed E-state index contributed by atoms with van der Waals surface area (Å²) in [5.74, 6) is -1.80. The molecule has 3 aromatic rings. The molecule has 1 aliphatic carbocycles. The van der Waals surface area contributed by atoms with Crippen LogP contribution in [0.3, 0.4) is 0 Å². The van der Waals surface area contributed by atoms with Crippen molar-refractivity contribution in [2.45, 2.75) is 24.8 Å². The normalized spacial score (nSPS) is 12.9. The number of fused-ring (bicyclic) bond motifs is 3. The fourth-order valence-corrected chi connectivity index (χ4v) is 4.65. The molecule has 0 spiro atoms. The number of nitrogens with one attached hydrogen (secondary N) is 2. The van der Waals surface area contributed by atoms with Crippen LogP contribution < -0.4 is 10.6 Å². The van der Waals surface area contributed by atoms with Crippen LogP contribution in [0.4, 0.5) is 10.5 Å². The number of halogens is 2. The van der Waals surface area contributed by atoms with Crippen molar-refractivity contribution in [3.05, 3.63) is 87.4 Å². The highest BCUT2D eigenvalue weighted by Gasteiger charge is 2.30. The summed E-state index contributed by atoms with van der Waals surface area (Å²) in [4.78, 5) is 36.6. The second-order valence-electron chi connectivity index (χ2n) is 8.07.